The largest absolute Gasteiger partial charge is 0.435 e. The number of nitro benzene ring substituents is 1. The van der Waals surface area contributed by atoms with Crippen LogP contribution in [0.4, 0.5) is 10.1 Å². The first kappa shape index (κ1) is 13.4. The van der Waals surface area contributed by atoms with E-state index >= 15 is 0 Å². The van der Waals surface area contributed by atoms with Gasteiger partial charge in [-0.1, -0.05) is 0 Å². The van der Waals surface area contributed by atoms with Crippen molar-refractivity contribution in [2.75, 3.05) is 0 Å². The summed E-state index contributed by atoms with van der Waals surface area (Å²) in [6, 6.07) is 4.94. The van der Waals surface area contributed by atoms with Crippen LogP contribution in [-0.2, 0) is 0 Å². The third kappa shape index (κ3) is 3.05. The number of nitrogens with zero attached hydrogens (tertiary/aromatic N) is 2. The van der Waals surface area contributed by atoms with Crippen molar-refractivity contribution in [3.63, 3.8) is 0 Å². The molecule has 0 fully saturated rings. The van der Waals surface area contributed by atoms with E-state index in [1.165, 1.54) is 12.1 Å². The molecule has 0 saturated heterocycles. The van der Waals surface area contributed by atoms with Crippen LogP contribution in [-0.4, -0.2) is 9.91 Å². The van der Waals surface area contributed by atoms with Crippen molar-refractivity contribution in [1.82, 2.24) is 4.98 Å². The van der Waals surface area contributed by atoms with E-state index in [4.69, 9.17) is 4.74 Å². The van der Waals surface area contributed by atoms with E-state index in [0.29, 0.717) is 4.47 Å². The molecular weight excluding hydrogens is 319 g/mol. The highest BCUT2D eigenvalue weighted by atomic mass is 79.9. The Hall–Kier alpha value is -2.02. The zero-order chi connectivity index (χ0) is 14.0. The first-order valence-corrected chi connectivity index (χ1v) is 6.00. The van der Waals surface area contributed by atoms with Gasteiger partial charge in [-0.2, -0.15) is 0 Å². The lowest BCUT2D eigenvalue weighted by Crippen LogP contribution is -1.94. The molecule has 5 nitrogen and oxygen atoms in total. The average molecular weight is 327 g/mol. The van der Waals surface area contributed by atoms with Crippen LogP contribution in [0.2, 0.25) is 0 Å². The maximum absolute atomic E-state index is 13.6. The second-order valence-corrected chi connectivity index (χ2v) is 4.63. The van der Waals surface area contributed by atoms with Crippen LogP contribution in [0.3, 0.4) is 0 Å². The predicted octanol–water partition coefficient (Wildman–Crippen LogP) is 3.99. The van der Waals surface area contributed by atoms with E-state index in [-0.39, 0.29) is 17.3 Å². The molecule has 2 rings (SSSR count). The molecule has 0 spiro atoms. The lowest BCUT2D eigenvalue weighted by molar-refractivity contribution is -0.385. The van der Waals surface area contributed by atoms with Crippen molar-refractivity contribution in [2.24, 2.45) is 0 Å². The molecule has 0 saturated carbocycles. The van der Waals surface area contributed by atoms with Crippen molar-refractivity contribution in [2.45, 2.75) is 6.92 Å². The van der Waals surface area contributed by atoms with Crippen molar-refractivity contribution < 1.29 is 14.1 Å². The normalized spacial score (nSPS) is 10.3. The number of hydrogen-bond acceptors (Lipinski definition) is 4. The monoisotopic (exact) mass is 326 g/mol. The molecule has 19 heavy (non-hydrogen) atoms. The average Bonchev–Trinajstić information content (AvgIpc) is 2.34. The minimum atomic E-state index is -0.816. The van der Waals surface area contributed by atoms with Gasteiger partial charge in [0.1, 0.15) is 0 Å². The molecule has 1 aromatic carbocycles. The number of aromatic nitrogens is 1. The summed E-state index contributed by atoms with van der Waals surface area (Å²) in [5, 5.41) is 10.5. The van der Waals surface area contributed by atoms with Crippen LogP contribution in [0, 0.1) is 22.9 Å². The van der Waals surface area contributed by atoms with Gasteiger partial charge in [-0.25, -0.2) is 9.37 Å². The van der Waals surface area contributed by atoms with Gasteiger partial charge in [-0.15, -0.1) is 0 Å². The molecule has 0 radical (unpaired) electrons. The van der Waals surface area contributed by atoms with Gasteiger partial charge in [0.25, 0.3) is 5.69 Å². The number of pyridine rings is 1. The number of aryl methyl sites for hydroxylation is 1. The Morgan fingerprint density at radius 1 is 1.42 bits per heavy atom. The van der Waals surface area contributed by atoms with E-state index in [0.717, 1.165) is 11.6 Å². The zero-order valence-electron chi connectivity index (χ0n) is 9.76. The number of hydrogen-bond donors (Lipinski definition) is 0. The third-order valence-electron chi connectivity index (χ3n) is 2.28. The molecule has 7 heteroatoms. The molecule has 0 bridgehead atoms. The summed E-state index contributed by atoms with van der Waals surface area (Å²) in [4.78, 5) is 13.8. The topological polar surface area (TPSA) is 65.3 Å². The van der Waals surface area contributed by atoms with Gasteiger partial charge >= 0.3 is 0 Å². The first-order chi connectivity index (χ1) is 8.97. The Kier molecular flexibility index (Phi) is 3.75. The van der Waals surface area contributed by atoms with E-state index in [9.17, 15) is 14.5 Å². The highest BCUT2D eigenvalue weighted by molar-refractivity contribution is 9.10. The summed E-state index contributed by atoms with van der Waals surface area (Å²) in [6.07, 6.45) is 1.57. The number of halogens is 2. The summed E-state index contributed by atoms with van der Waals surface area (Å²) in [5.41, 5.74) is 0.587. The number of ether oxygens (including phenoxy) is 1. The Morgan fingerprint density at radius 2 is 2.16 bits per heavy atom. The number of non-ortho nitro benzene ring substituents is 1. The molecule has 1 aromatic heterocycles. The fraction of sp³-hybridized carbons (Fsp3) is 0.0833. The SMILES string of the molecule is Cc1cnc(Oc2ccc([N+](=O)[O-])cc2F)c(Br)c1. The highest BCUT2D eigenvalue weighted by Crippen LogP contribution is 2.30. The van der Waals surface area contributed by atoms with Gasteiger partial charge in [0, 0.05) is 12.3 Å². The van der Waals surface area contributed by atoms with Crippen LogP contribution in [0.1, 0.15) is 5.56 Å². The molecule has 1 heterocycles. The van der Waals surface area contributed by atoms with Gasteiger partial charge in [-0.3, -0.25) is 10.1 Å². The minimum Gasteiger partial charge on any atom is -0.435 e. The summed E-state index contributed by atoms with van der Waals surface area (Å²) in [6.45, 7) is 1.86. The standard InChI is InChI=1S/C12H8BrFN2O3/c1-7-4-9(13)12(15-6-7)19-11-3-2-8(16(17)18)5-10(11)14/h2-6H,1H3. The van der Waals surface area contributed by atoms with Crippen molar-refractivity contribution in [3.05, 3.63) is 56.4 Å². The van der Waals surface area contributed by atoms with Crippen molar-refractivity contribution >= 4 is 21.6 Å². The van der Waals surface area contributed by atoms with E-state index < -0.39 is 10.7 Å². The Balaban J connectivity index is 2.31. The van der Waals surface area contributed by atoms with Crippen LogP contribution < -0.4 is 4.74 Å². The summed E-state index contributed by atoms with van der Waals surface area (Å²) in [7, 11) is 0. The van der Waals surface area contributed by atoms with Crippen LogP contribution >= 0.6 is 15.9 Å². The third-order valence-corrected chi connectivity index (χ3v) is 2.85. The fourth-order valence-electron chi connectivity index (χ4n) is 1.39. The number of benzene rings is 1. The lowest BCUT2D eigenvalue weighted by atomic mass is 10.3. The predicted molar refractivity (Wildman–Crippen MR) is 69.8 cm³/mol. The molecule has 0 unspecified atom stereocenters. The Labute approximate surface area is 116 Å². The van der Waals surface area contributed by atoms with E-state index in [1.807, 2.05) is 6.92 Å². The first-order valence-electron chi connectivity index (χ1n) is 5.21. The number of nitro groups is 1. The van der Waals surface area contributed by atoms with Gasteiger partial charge in [-0.05, 0) is 40.5 Å². The smallest absolute Gasteiger partial charge is 0.272 e. The van der Waals surface area contributed by atoms with Crippen LogP contribution in [0.25, 0.3) is 0 Å². The van der Waals surface area contributed by atoms with Crippen LogP contribution in [0.15, 0.2) is 34.9 Å². The minimum absolute atomic E-state index is 0.123. The van der Waals surface area contributed by atoms with E-state index in [2.05, 4.69) is 20.9 Å². The molecule has 0 amide bonds. The lowest BCUT2D eigenvalue weighted by Gasteiger charge is -2.07. The zero-order valence-corrected chi connectivity index (χ0v) is 11.3. The molecule has 0 atom stereocenters. The van der Waals surface area contributed by atoms with Crippen LogP contribution in [0.5, 0.6) is 11.6 Å². The van der Waals surface area contributed by atoms with Gasteiger partial charge in [0.2, 0.25) is 5.88 Å². The molecule has 0 N–H and O–H groups in total. The summed E-state index contributed by atoms with van der Waals surface area (Å²) in [5.74, 6) is -0.746. The van der Waals surface area contributed by atoms with E-state index in [1.54, 1.807) is 12.3 Å². The molecular formula is C12H8BrFN2O3. The summed E-state index contributed by atoms with van der Waals surface area (Å²) >= 11 is 3.25. The maximum Gasteiger partial charge on any atom is 0.272 e. The van der Waals surface area contributed by atoms with Crippen molar-refractivity contribution in [3.8, 4) is 11.6 Å². The van der Waals surface area contributed by atoms with Gasteiger partial charge in [0.15, 0.2) is 11.6 Å². The van der Waals surface area contributed by atoms with Crippen molar-refractivity contribution in [1.29, 1.82) is 0 Å². The van der Waals surface area contributed by atoms with Gasteiger partial charge < -0.3 is 4.74 Å². The molecule has 98 valence electrons. The Morgan fingerprint density at radius 3 is 2.74 bits per heavy atom. The number of rotatable bonds is 3. The molecule has 0 aliphatic carbocycles. The second kappa shape index (κ2) is 5.31. The molecule has 0 aliphatic rings. The highest BCUT2D eigenvalue weighted by Gasteiger charge is 2.13. The second-order valence-electron chi connectivity index (χ2n) is 3.77. The fourth-order valence-corrected chi connectivity index (χ4v) is 1.93. The maximum atomic E-state index is 13.6. The molecule has 0 aliphatic heterocycles. The summed E-state index contributed by atoms with van der Waals surface area (Å²) < 4.78 is 19.5. The quantitative estimate of drug-likeness (QED) is 0.631. The molecule has 2 aromatic rings. The van der Waals surface area contributed by atoms with Gasteiger partial charge in [0.05, 0.1) is 15.5 Å². The Bertz CT molecular complexity index is 649.